The van der Waals surface area contributed by atoms with Gasteiger partial charge in [-0.05, 0) is 43.9 Å². The smallest absolute Gasteiger partial charge is 0.240 e. The number of hydrogen-bond donors (Lipinski definition) is 2. The van der Waals surface area contributed by atoms with Gasteiger partial charge in [0, 0.05) is 23.8 Å². The van der Waals surface area contributed by atoms with Gasteiger partial charge in [0.2, 0.25) is 5.91 Å². The van der Waals surface area contributed by atoms with E-state index in [0.29, 0.717) is 13.1 Å². The van der Waals surface area contributed by atoms with Crippen LogP contribution in [0, 0.1) is 0 Å². The average Bonchev–Trinajstić information content (AvgIpc) is 2.69. The van der Waals surface area contributed by atoms with E-state index in [1.54, 1.807) is 0 Å². The summed E-state index contributed by atoms with van der Waals surface area (Å²) < 4.78 is 1.95. The van der Waals surface area contributed by atoms with Crippen molar-refractivity contribution in [3.63, 3.8) is 0 Å². The van der Waals surface area contributed by atoms with Gasteiger partial charge in [-0.1, -0.05) is 12.1 Å². The van der Waals surface area contributed by atoms with Crippen LogP contribution in [0.2, 0.25) is 0 Å². The summed E-state index contributed by atoms with van der Waals surface area (Å²) in [6, 6.07) is 8.11. The second-order valence-corrected chi connectivity index (χ2v) is 5.84. The Kier molecular flexibility index (Phi) is 3.62. The Labute approximate surface area is 113 Å². The molecule has 2 rings (SSSR count). The van der Waals surface area contributed by atoms with Crippen molar-refractivity contribution in [3.05, 3.63) is 36.0 Å². The third-order valence-electron chi connectivity index (χ3n) is 2.90. The van der Waals surface area contributed by atoms with Crippen LogP contribution in [-0.4, -0.2) is 16.0 Å². The van der Waals surface area contributed by atoms with E-state index in [1.165, 1.54) is 0 Å². The van der Waals surface area contributed by atoms with E-state index in [0.717, 1.165) is 16.5 Å². The molecule has 0 spiro atoms. The minimum atomic E-state index is -0.206. The molecule has 1 aromatic heterocycles. The molecule has 102 valence electrons. The summed E-state index contributed by atoms with van der Waals surface area (Å²) in [5.41, 5.74) is 7.57. The number of nitrogens with one attached hydrogen (secondary N) is 1. The van der Waals surface area contributed by atoms with Crippen molar-refractivity contribution in [2.75, 3.05) is 0 Å². The predicted octanol–water partition coefficient (Wildman–Crippen LogP) is 2.01. The minimum absolute atomic E-state index is 0.0168. The average molecular weight is 259 g/mol. The molecular formula is C15H21N3O. The van der Waals surface area contributed by atoms with Gasteiger partial charge in [-0.15, -0.1) is 0 Å². The number of carbonyl (C=O) groups excluding carboxylic acids is 1. The highest BCUT2D eigenvalue weighted by Gasteiger charge is 2.14. The molecule has 0 aliphatic carbocycles. The molecule has 0 radical (unpaired) electrons. The largest absolute Gasteiger partial charge is 0.350 e. The molecule has 0 saturated carbocycles. The van der Waals surface area contributed by atoms with Crippen LogP contribution in [0.1, 0.15) is 26.3 Å². The van der Waals surface area contributed by atoms with Crippen LogP contribution in [0.3, 0.4) is 0 Å². The van der Waals surface area contributed by atoms with Crippen LogP contribution in [0.15, 0.2) is 30.5 Å². The summed E-state index contributed by atoms with van der Waals surface area (Å²) in [4.78, 5) is 12.0. The zero-order valence-corrected chi connectivity index (χ0v) is 11.7. The molecule has 0 saturated heterocycles. The quantitative estimate of drug-likeness (QED) is 0.886. The van der Waals surface area contributed by atoms with Crippen LogP contribution in [0.4, 0.5) is 0 Å². The first-order valence-electron chi connectivity index (χ1n) is 6.48. The lowest BCUT2D eigenvalue weighted by atomic mass is 10.1. The standard InChI is InChI=1S/C15H21N3O/c1-15(2,3)17-14(19)10-18-7-6-12-5-4-11(9-16)8-13(12)18/h4-8H,9-10,16H2,1-3H3,(H,17,19). The highest BCUT2D eigenvalue weighted by atomic mass is 16.2. The van der Waals surface area contributed by atoms with Gasteiger partial charge < -0.3 is 15.6 Å². The van der Waals surface area contributed by atoms with Crippen molar-refractivity contribution >= 4 is 16.8 Å². The van der Waals surface area contributed by atoms with Gasteiger partial charge in [0.05, 0.1) is 0 Å². The van der Waals surface area contributed by atoms with Crippen molar-refractivity contribution in [1.29, 1.82) is 0 Å². The highest BCUT2D eigenvalue weighted by Crippen LogP contribution is 2.17. The molecular weight excluding hydrogens is 238 g/mol. The van der Waals surface area contributed by atoms with Crippen molar-refractivity contribution in [2.45, 2.75) is 39.4 Å². The fraction of sp³-hybridized carbons (Fsp3) is 0.400. The third kappa shape index (κ3) is 3.35. The SMILES string of the molecule is CC(C)(C)NC(=O)Cn1ccc2ccc(CN)cc21. The number of amides is 1. The van der Waals surface area contributed by atoms with Crippen LogP contribution in [-0.2, 0) is 17.9 Å². The summed E-state index contributed by atoms with van der Waals surface area (Å²) >= 11 is 0. The normalized spacial score (nSPS) is 11.8. The summed E-state index contributed by atoms with van der Waals surface area (Å²) in [5, 5.41) is 4.09. The van der Waals surface area contributed by atoms with Gasteiger partial charge in [-0.2, -0.15) is 0 Å². The lowest BCUT2D eigenvalue weighted by molar-refractivity contribution is -0.123. The molecule has 4 nitrogen and oxygen atoms in total. The van der Waals surface area contributed by atoms with Crippen LogP contribution >= 0.6 is 0 Å². The van der Waals surface area contributed by atoms with Gasteiger partial charge in [0.1, 0.15) is 6.54 Å². The Morgan fingerprint density at radius 3 is 2.68 bits per heavy atom. The molecule has 0 fully saturated rings. The molecule has 1 heterocycles. The minimum Gasteiger partial charge on any atom is -0.350 e. The Balaban J connectivity index is 2.23. The van der Waals surface area contributed by atoms with Crippen molar-refractivity contribution in [3.8, 4) is 0 Å². The van der Waals surface area contributed by atoms with E-state index in [9.17, 15) is 4.79 Å². The van der Waals surface area contributed by atoms with Crippen molar-refractivity contribution in [1.82, 2.24) is 9.88 Å². The van der Waals surface area contributed by atoms with E-state index in [4.69, 9.17) is 5.73 Å². The Morgan fingerprint density at radius 1 is 1.32 bits per heavy atom. The van der Waals surface area contributed by atoms with Crippen LogP contribution in [0.5, 0.6) is 0 Å². The molecule has 19 heavy (non-hydrogen) atoms. The molecule has 4 heteroatoms. The lowest BCUT2D eigenvalue weighted by Gasteiger charge is -2.20. The number of aromatic nitrogens is 1. The zero-order chi connectivity index (χ0) is 14.0. The first-order chi connectivity index (χ1) is 8.89. The number of rotatable bonds is 3. The van der Waals surface area contributed by atoms with E-state index in [1.807, 2.05) is 55.8 Å². The maximum absolute atomic E-state index is 12.0. The van der Waals surface area contributed by atoms with Gasteiger partial charge in [0.15, 0.2) is 0 Å². The molecule has 0 aliphatic heterocycles. The third-order valence-corrected chi connectivity index (χ3v) is 2.90. The summed E-state index contributed by atoms with van der Waals surface area (Å²) in [7, 11) is 0. The molecule has 2 aromatic rings. The second kappa shape index (κ2) is 5.05. The molecule has 1 aromatic carbocycles. The second-order valence-electron chi connectivity index (χ2n) is 5.84. The van der Waals surface area contributed by atoms with Crippen molar-refractivity contribution in [2.24, 2.45) is 5.73 Å². The van der Waals surface area contributed by atoms with E-state index in [2.05, 4.69) is 5.32 Å². The maximum Gasteiger partial charge on any atom is 0.240 e. The van der Waals surface area contributed by atoms with E-state index in [-0.39, 0.29) is 11.4 Å². The molecule has 1 amide bonds. The number of hydrogen-bond acceptors (Lipinski definition) is 2. The number of nitrogens with two attached hydrogens (primary N) is 1. The first-order valence-corrected chi connectivity index (χ1v) is 6.48. The highest BCUT2D eigenvalue weighted by molar-refractivity contribution is 5.84. The monoisotopic (exact) mass is 259 g/mol. The van der Waals surface area contributed by atoms with Crippen LogP contribution < -0.4 is 11.1 Å². The fourth-order valence-corrected chi connectivity index (χ4v) is 2.11. The summed E-state index contributed by atoms with van der Waals surface area (Å²) in [6.45, 7) is 6.77. The molecule has 0 bridgehead atoms. The Morgan fingerprint density at radius 2 is 2.05 bits per heavy atom. The topological polar surface area (TPSA) is 60.0 Å². The number of carbonyl (C=O) groups is 1. The van der Waals surface area contributed by atoms with Crippen LogP contribution in [0.25, 0.3) is 10.9 Å². The number of nitrogens with zero attached hydrogens (tertiary/aromatic N) is 1. The van der Waals surface area contributed by atoms with E-state index < -0.39 is 0 Å². The summed E-state index contributed by atoms with van der Waals surface area (Å²) in [6.07, 6.45) is 1.94. The Hall–Kier alpha value is -1.81. The van der Waals surface area contributed by atoms with Gasteiger partial charge in [0.25, 0.3) is 0 Å². The predicted molar refractivity (Wildman–Crippen MR) is 77.7 cm³/mol. The number of fused-ring (bicyclic) bond motifs is 1. The molecule has 0 atom stereocenters. The molecule has 3 N–H and O–H groups in total. The first kappa shape index (κ1) is 13.6. The fourth-order valence-electron chi connectivity index (χ4n) is 2.11. The molecule has 0 unspecified atom stereocenters. The summed E-state index contributed by atoms with van der Waals surface area (Å²) in [5.74, 6) is 0.0168. The zero-order valence-electron chi connectivity index (χ0n) is 11.7. The maximum atomic E-state index is 12.0. The number of benzene rings is 1. The van der Waals surface area contributed by atoms with Gasteiger partial charge >= 0.3 is 0 Å². The van der Waals surface area contributed by atoms with Crippen molar-refractivity contribution < 1.29 is 4.79 Å². The van der Waals surface area contributed by atoms with Gasteiger partial charge in [-0.25, -0.2) is 0 Å². The van der Waals surface area contributed by atoms with Gasteiger partial charge in [-0.3, -0.25) is 4.79 Å². The lowest BCUT2D eigenvalue weighted by Crippen LogP contribution is -2.42. The van der Waals surface area contributed by atoms with E-state index >= 15 is 0 Å². The molecule has 0 aliphatic rings. The Bertz CT molecular complexity index is 593.